The maximum absolute atomic E-state index is 10.5. The molecule has 0 aliphatic carbocycles. The van der Waals surface area contributed by atoms with Crippen LogP contribution in [0.5, 0.6) is 5.75 Å². The lowest BCUT2D eigenvalue weighted by Crippen LogP contribution is -2.27. The number of benzene rings is 2. The Morgan fingerprint density at radius 3 is 2.61 bits per heavy atom. The quantitative estimate of drug-likeness (QED) is 0.466. The molecular weight excluding hydrogens is 392 g/mol. The van der Waals surface area contributed by atoms with Crippen molar-refractivity contribution in [3.8, 4) is 16.9 Å². The molecule has 2 aromatic carbocycles. The SMILES string of the molecule is CCOc1ccccc1-c1ccc2c(c1)nc(N)c1nc(COC)n(CC(C)(C)O)c12. The summed E-state index contributed by atoms with van der Waals surface area (Å²) in [5.74, 6) is 1.88. The van der Waals surface area contributed by atoms with Gasteiger partial charge in [-0.2, -0.15) is 0 Å². The first-order chi connectivity index (χ1) is 14.8. The molecule has 0 amide bonds. The van der Waals surface area contributed by atoms with Gasteiger partial charge in [0.05, 0.1) is 29.8 Å². The largest absolute Gasteiger partial charge is 0.493 e. The number of aliphatic hydroxyl groups is 1. The van der Waals surface area contributed by atoms with Gasteiger partial charge in [-0.1, -0.05) is 30.3 Å². The third kappa shape index (κ3) is 4.06. The minimum atomic E-state index is -0.934. The van der Waals surface area contributed by atoms with Crippen molar-refractivity contribution in [1.82, 2.24) is 14.5 Å². The number of aromatic nitrogens is 3. The Morgan fingerprint density at radius 1 is 1.13 bits per heavy atom. The third-order valence-electron chi connectivity index (χ3n) is 5.10. The molecule has 7 nitrogen and oxygen atoms in total. The maximum atomic E-state index is 10.5. The summed E-state index contributed by atoms with van der Waals surface area (Å²) in [6, 6.07) is 14.0. The van der Waals surface area contributed by atoms with Crippen molar-refractivity contribution in [2.24, 2.45) is 0 Å². The average Bonchev–Trinajstić information content (AvgIpc) is 3.06. The van der Waals surface area contributed by atoms with E-state index in [-0.39, 0.29) is 0 Å². The Hall–Kier alpha value is -3.16. The minimum Gasteiger partial charge on any atom is -0.493 e. The summed E-state index contributed by atoms with van der Waals surface area (Å²) in [5.41, 5.74) is 9.60. The smallest absolute Gasteiger partial charge is 0.152 e. The zero-order valence-corrected chi connectivity index (χ0v) is 18.3. The first-order valence-corrected chi connectivity index (χ1v) is 10.3. The minimum absolute atomic E-state index is 0.311. The topological polar surface area (TPSA) is 95.4 Å². The van der Waals surface area contributed by atoms with Crippen molar-refractivity contribution in [1.29, 1.82) is 0 Å². The highest BCUT2D eigenvalue weighted by atomic mass is 16.5. The Balaban J connectivity index is 1.96. The van der Waals surface area contributed by atoms with Gasteiger partial charge in [-0.3, -0.25) is 0 Å². The standard InChI is InChI=1S/C24H28N4O3/c1-5-31-19-9-7-6-8-16(19)15-10-11-17-18(12-15)26-23(25)21-22(17)28(14-24(2,3)29)20(27-21)13-30-4/h6-12,29H,5,13-14H2,1-4H3,(H2,25,26). The lowest BCUT2D eigenvalue weighted by atomic mass is 10.0. The van der Waals surface area contributed by atoms with Crippen molar-refractivity contribution in [3.63, 3.8) is 0 Å². The van der Waals surface area contributed by atoms with Crippen LogP contribution in [0.15, 0.2) is 42.5 Å². The van der Waals surface area contributed by atoms with Crippen LogP contribution in [0, 0.1) is 0 Å². The van der Waals surface area contributed by atoms with E-state index in [1.54, 1.807) is 21.0 Å². The molecule has 0 saturated carbocycles. The average molecular weight is 421 g/mol. The van der Waals surface area contributed by atoms with E-state index in [2.05, 4.69) is 16.0 Å². The molecule has 162 valence electrons. The van der Waals surface area contributed by atoms with E-state index in [1.807, 2.05) is 47.9 Å². The monoisotopic (exact) mass is 420 g/mol. The first kappa shape index (κ1) is 21.1. The van der Waals surface area contributed by atoms with E-state index in [1.165, 1.54) is 0 Å². The number of fused-ring (bicyclic) bond motifs is 3. The van der Waals surface area contributed by atoms with Crippen LogP contribution in [-0.2, 0) is 17.9 Å². The number of pyridine rings is 1. The van der Waals surface area contributed by atoms with Gasteiger partial charge < -0.3 is 24.9 Å². The highest BCUT2D eigenvalue weighted by Crippen LogP contribution is 2.35. The molecule has 4 aromatic rings. The van der Waals surface area contributed by atoms with Gasteiger partial charge in [0.15, 0.2) is 5.82 Å². The zero-order chi connectivity index (χ0) is 22.2. The lowest BCUT2D eigenvalue weighted by Gasteiger charge is -2.20. The fraction of sp³-hybridized carbons (Fsp3) is 0.333. The Bertz CT molecular complexity index is 1240. The Labute approximate surface area is 181 Å². The second-order valence-electron chi connectivity index (χ2n) is 8.21. The molecule has 31 heavy (non-hydrogen) atoms. The molecule has 4 rings (SSSR count). The predicted molar refractivity (Wildman–Crippen MR) is 123 cm³/mol. The number of nitrogens with two attached hydrogens (primary N) is 1. The van der Waals surface area contributed by atoms with Crippen LogP contribution in [0.1, 0.15) is 26.6 Å². The van der Waals surface area contributed by atoms with Crippen LogP contribution in [0.3, 0.4) is 0 Å². The number of imidazole rings is 1. The summed E-state index contributed by atoms with van der Waals surface area (Å²) in [4.78, 5) is 9.31. The van der Waals surface area contributed by atoms with Gasteiger partial charge in [0.1, 0.15) is 23.7 Å². The molecule has 2 aromatic heterocycles. The number of nitrogen functional groups attached to an aromatic ring is 1. The number of para-hydroxylation sites is 1. The summed E-state index contributed by atoms with van der Waals surface area (Å²) < 4.78 is 13.1. The molecular formula is C24H28N4O3. The van der Waals surface area contributed by atoms with Crippen LogP contribution < -0.4 is 10.5 Å². The number of hydrogen-bond donors (Lipinski definition) is 2. The molecule has 0 atom stereocenters. The predicted octanol–water partition coefficient (Wildman–Crippen LogP) is 4.15. The molecule has 0 saturated heterocycles. The van der Waals surface area contributed by atoms with Gasteiger partial charge in [0, 0.05) is 18.1 Å². The summed E-state index contributed by atoms with van der Waals surface area (Å²) in [6.07, 6.45) is 0. The van der Waals surface area contributed by atoms with E-state index in [4.69, 9.17) is 15.2 Å². The lowest BCUT2D eigenvalue weighted by molar-refractivity contribution is 0.0597. The molecule has 3 N–H and O–H groups in total. The first-order valence-electron chi connectivity index (χ1n) is 10.3. The van der Waals surface area contributed by atoms with Crippen molar-refractivity contribution < 1.29 is 14.6 Å². The fourth-order valence-electron chi connectivity index (χ4n) is 3.91. The summed E-state index contributed by atoms with van der Waals surface area (Å²) in [6.45, 7) is 6.77. The van der Waals surface area contributed by atoms with Gasteiger partial charge in [-0.25, -0.2) is 9.97 Å². The number of nitrogens with zero attached hydrogens (tertiary/aromatic N) is 3. The number of anilines is 1. The van der Waals surface area contributed by atoms with Crippen molar-refractivity contribution in [3.05, 3.63) is 48.3 Å². The number of ether oxygens (including phenoxy) is 2. The van der Waals surface area contributed by atoms with Crippen LogP contribution in [0.25, 0.3) is 33.1 Å². The van der Waals surface area contributed by atoms with E-state index in [0.717, 1.165) is 33.3 Å². The molecule has 7 heteroatoms. The summed E-state index contributed by atoms with van der Waals surface area (Å²) in [7, 11) is 1.62. The van der Waals surface area contributed by atoms with Crippen molar-refractivity contribution in [2.75, 3.05) is 19.5 Å². The second-order valence-corrected chi connectivity index (χ2v) is 8.21. The van der Waals surface area contributed by atoms with Crippen LogP contribution in [0.4, 0.5) is 5.82 Å². The third-order valence-corrected chi connectivity index (χ3v) is 5.10. The van der Waals surface area contributed by atoms with Crippen molar-refractivity contribution in [2.45, 2.75) is 39.5 Å². The van der Waals surface area contributed by atoms with Gasteiger partial charge in [0.25, 0.3) is 0 Å². The van der Waals surface area contributed by atoms with E-state index >= 15 is 0 Å². The molecule has 0 spiro atoms. The Kier molecular flexibility index (Phi) is 5.56. The van der Waals surface area contributed by atoms with Gasteiger partial charge in [0.2, 0.25) is 0 Å². The van der Waals surface area contributed by atoms with E-state index < -0.39 is 5.60 Å². The number of rotatable bonds is 7. The maximum Gasteiger partial charge on any atom is 0.152 e. The molecule has 0 bridgehead atoms. The summed E-state index contributed by atoms with van der Waals surface area (Å²) in [5, 5.41) is 11.4. The van der Waals surface area contributed by atoms with Crippen LogP contribution in [0.2, 0.25) is 0 Å². The molecule has 0 radical (unpaired) electrons. The number of hydrogen-bond acceptors (Lipinski definition) is 6. The van der Waals surface area contributed by atoms with E-state index in [9.17, 15) is 5.11 Å². The summed E-state index contributed by atoms with van der Waals surface area (Å²) >= 11 is 0. The zero-order valence-electron chi connectivity index (χ0n) is 18.3. The molecule has 0 aliphatic rings. The van der Waals surface area contributed by atoms with Gasteiger partial charge >= 0.3 is 0 Å². The highest BCUT2D eigenvalue weighted by molar-refractivity contribution is 6.07. The van der Waals surface area contributed by atoms with Crippen molar-refractivity contribution >= 4 is 27.8 Å². The van der Waals surface area contributed by atoms with Gasteiger partial charge in [-0.05, 0) is 38.5 Å². The molecule has 0 aliphatic heterocycles. The normalized spacial score (nSPS) is 12.0. The molecule has 0 fully saturated rings. The number of methoxy groups -OCH3 is 1. The Morgan fingerprint density at radius 2 is 1.90 bits per heavy atom. The molecule has 2 heterocycles. The van der Waals surface area contributed by atoms with Gasteiger partial charge in [-0.15, -0.1) is 0 Å². The van der Waals surface area contributed by atoms with Crippen LogP contribution >= 0.6 is 0 Å². The fourth-order valence-corrected chi connectivity index (χ4v) is 3.91. The highest BCUT2D eigenvalue weighted by Gasteiger charge is 2.22. The van der Waals surface area contributed by atoms with Crippen LogP contribution in [-0.4, -0.2) is 39.0 Å². The molecule has 0 unspecified atom stereocenters. The van der Waals surface area contributed by atoms with E-state index in [0.29, 0.717) is 36.9 Å². The second kappa shape index (κ2) is 8.17.